The molecule has 0 amide bonds. The molecule has 50 valence electrons. The van der Waals surface area contributed by atoms with Crippen molar-refractivity contribution < 1.29 is 9.94 Å². The average molecular weight is 127 g/mol. The zero-order chi connectivity index (χ0) is 6.91. The fourth-order valence-electron chi connectivity index (χ4n) is 0.598. The van der Waals surface area contributed by atoms with Crippen LogP contribution in [0.15, 0.2) is 17.2 Å². The summed E-state index contributed by atoms with van der Waals surface area (Å²) < 4.78 is 0. The van der Waals surface area contributed by atoms with Crippen LogP contribution in [0.1, 0.15) is 13.8 Å². The molecule has 1 aliphatic rings. The molecule has 0 radical (unpaired) electrons. The minimum absolute atomic E-state index is 0.123. The first-order valence-corrected chi connectivity index (χ1v) is 2.73. The van der Waals surface area contributed by atoms with Crippen LogP contribution in [0, 0.1) is 5.41 Å². The predicted molar refractivity (Wildman–Crippen MR) is 34.1 cm³/mol. The number of hydrogen-bond acceptors (Lipinski definition) is 3. The van der Waals surface area contributed by atoms with Gasteiger partial charge in [0.1, 0.15) is 0 Å². The number of aliphatic hydroxyl groups excluding tert-OH is 1. The maximum absolute atomic E-state index is 8.77. The molecule has 0 unspecified atom stereocenters. The minimum atomic E-state index is -0.178. The molecule has 0 fully saturated rings. The smallest absolute Gasteiger partial charge is 0.303 e. The molecule has 0 saturated carbocycles. The summed E-state index contributed by atoms with van der Waals surface area (Å²) in [5, 5.41) is 12.2. The van der Waals surface area contributed by atoms with Gasteiger partial charge < -0.3 is 9.94 Å². The summed E-state index contributed by atoms with van der Waals surface area (Å²) in [5.41, 5.74) is -0.178. The molecule has 1 heterocycles. The van der Waals surface area contributed by atoms with Crippen LogP contribution in [0.5, 0.6) is 0 Å². The standard InChI is InChI=1S/C6H9NO2/c1-6(2)3-5(8)9-7-4-6/h3-4,8H,1-2H3. The van der Waals surface area contributed by atoms with Crippen molar-refractivity contribution >= 4 is 6.21 Å². The number of nitrogens with zero attached hydrogens (tertiary/aromatic N) is 1. The van der Waals surface area contributed by atoms with E-state index in [1.165, 1.54) is 0 Å². The summed E-state index contributed by atoms with van der Waals surface area (Å²) in [6.45, 7) is 3.85. The van der Waals surface area contributed by atoms with Crippen LogP contribution in [-0.4, -0.2) is 11.3 Å². The van der Waals surface area contributed by atoms with Crippen LogP contribution >= 0.6 is 0 Å². The largest absolute Gasteiger partial charge is 0.480 e. The molecule has 1 rings (SSSR count). The van der Waals surface area contributed by atoms with E-state index in [2.05, 4.69) is 9.99 Å². The van der Waals surface area contributed by atoms with Crippen molar-refractivity contribution in [3.63, 3.8) is 0 Å². The van der Waals surface area contributed by atoms with E-state index >= 15 is 0 Å². The molecule has 0 spiro atoms. The Bertz CT molecular complexity index is 170. The molecule has 1 aliphatic heterocycles. The van der Waals surface area contributed by atoms with Crippen LogP contribution < -0.4 is 0 Å². The van der Waals surface area contributed by atoms with Crippen molar-refractivity contribution in [2.45, 2.75) is 13.8 Å². The zero-order valence-corrected chi connectivity index (χ0v) is 5.46. The van der Waals surface area contributed by atoms with E-state index in [9.17, 15) is 0 Å². The molecule has 0 aromatic rings. The molecule has 0 aromatic carbocycles. The Labute approximate surface area is 53.6 Å². The highest BCUT2D eigenvalue weighted by molar-refractivity contribution is 5.67. The Morgan fingerprint density at radius 1 is 1.67 bits per heavy atom. The van der Waals surface area contributed by atoms with Gasteiger partial charge in [0.25, 0.3) is 0 Å². The summed E-state index contributed by atoms with van der Waals surface area (Å²) >= 11 is 0. The summed E-state index contributed by atoms with van der Waals surface area (Å²) in [6, 6.07) is 0. The van der Waals surface area contributed by atoms with Crippen LogP contribution in [0.25, 0.3) is 0 Å². The summed E-state index contributed by atoms with van der Waals surface area (Å²) in [5.74, 6) is -0.123. The van der Waals surface area contributed by atoms with E-state index in [0.717, 1.165) is 0 Å². The number of oxime groups is 1. The van der Waals surface area contributed by atoms with Crippen molar-refractivity contribution in [2.24, 2.45) is 10.6 Å². The fourth-order valence-corrected chi connectivity index (χ4v) is 0.598. The molecule has 0 atom stereocenters. The lowest BCUT2D eigenvalue weighted by atomic mass is 9.95. The lowest BCUT2D eigenvalue weighted by Crippen LogP contribution is -2.14. The molecular weight excluding hydrogens is 118 g/mol. The van der Waals surface area contributed by atoms with Crippen LogP contribution in [-0.2, 0) is 4.84 Å². The van der Waals surface area contributed by atoms with E-state index in [-0.39, 0.29) is 11.4 Å². The second kappa shape index (κ2) is 1.76. The third-order valence-corrected chi connectivity index (χ3v) is 1.03. The molecule has 1 N–H and O–H groups in total. The molecule has 0 saturated heterocycles. The number of allylic oxidation sites excluding steroid dienone is 1. The van der Waals surface area contributed by atoms with Crippen molar-refractivity contribution in [2.75, 3.05) is 0 Å². The zero-order valence-electron chi connectivity index (χ0n) is 5.46. The number of rotatable bonds is 0. The SMILES string of the molecule is CC1(C)C=NOC(O)=C1. The molecule has 9 heavy (non-hydrogen) atoms. The van der Waals surface area contributed by atoms with Gasteiger partial charge >= 0.3 is 5.95 Å². The molecule has 0 bridgehead atoms. The second-order valence-corrected chi connectivity index (χ2v) is 2.63. The molecule has 3 heteroatoms. The quantitative estimate of drug-likeness (QED) is 0.534. The van der Waals surface area contributed by atoms with Gasteiger partial charge in [-0.3, -0.25) is 0 Å². The van der Waals surface area contributed by atoms with Gasteiger partial charge in [-0.1, -0.05) is 19.0 Å². The maximum atomic E-state index is 8.77. The second-order valence-electron chi connectivity index (χ2n) is 2.63. The maximum Gasteiger partial charge on any atom is 0.303 e. The van der Waals surface area contributed by atoms with Crippen molar-refractivity contribution in [1.82, 2.24) is 0 Å². The predicted octanol–water partition coefficient (Wildman–Crippen LogP) is 1.43. The Hall–Kier alpha value is -0.990. The third kappa shape index (κ3) is 1.45. The van der Waals surface area contributed by atoms with E-state index in [1.54, 1.807) is 12.3 Å². The van der Waals surface area contributed by atoms with Gasteiger partial charge in [0.2, 0.25) is 0 Å². The molecular formula is C6H9NO2. The van der Waals surface area contributed by atoms with Gasteiger partial charge in [-0.15, -0.1) is 0 Å². The first-order valence-electron chi connectivity index (χ1n) is 2.73. The average Bonchev–Trinajstić information content (AvgIpc) is 1.60. The Balaban J connectivity index is 2.78. The van der Waals surface area contributed by atoms with Gasteiger partial charge in [-0.25, -0.2) is 0 Å². The van der Waals surface area contributed by atoms with Gasteiger partial charge in [0.05, 0.1) is 6.21 Å². The lowest BCUT2D eigenvalue weighted by Gasteiger charge is -2.16. The molecule has 0 aromatic heterocycles. The highest BCUT2D eigenvalue weighted by Gasteiger charge is 2.17. The Kier molecular flexibility index (Phi) is 1.20. The monoisotopic (exact) mass is 127 g/mol. The van der Waals surface area contributed by atoms with Crippen molar-refractivity contribution in [1.29, 1.82) is 0 Å². The number of hydrogen-bond donors (Lipinski definition) is 1. The van der Waals surface area contributed by atoms with Gasteiger partial charge in [0.15, 0.2) is 0 Å². The van der Waals surface area contributed by atoms with E-state index < -0.39 is 0 Å². The summed E-state index contributed by atoms with van der Waals surface area (Å²) in [4.78, 5) is 4.40. The molecule has 0 aliphatic carbocycles. The van der Waals surface area contributed by atoms with E-state index in [4.69, 9.17) is 5.11 Å². The van der Waals surface area contributed by atoms with Crippen molar-refractivity contribution in [3.05, 3.63) is 12.0 Å². The summed E-state index contributed by atoms with van der Waals surface area (Å²) in [6.07, 6.45) is 3.23. The van der Waals surface area contributed by atoms with Gasteiger partial charge in [0, 0.05) is 11.5 Å². The highest BCUT2D eigenvalue weighted by Crippen LogP contribution is 2.19. The van der Waals surface area contributed by atoms with Crippen LogP contribution in [0.3, 0.4) is 0 Å². The summed E-state index contributed by atoms with van der Waals surface area (Å²) in [7, 11) is 0. The third-order valence-electron chi connectivity index (χ3n) is 1.03. The van der Waals surface area contributed by atoms with Crippen molar-refractivity contribution in [3.8, 4) is 0 Å². The van der Waals surface area contributed by atoms with Crippen LogP contribution in [0.4, 0.5) is 0 Å². The fraction of sp³-hybridized carbons (Fsp3) is 0.500. The Morgan fingerprint density at radius 2 is 2.33 bits per heavy atom. The lowest BCUT2D eigenvalue weighted by molar-refractivity contribution is 0.0888. The minimum Gasteiger partial charge on any atom is -0.480 e. The van der Waals surface area contributed by atoms with Gasteiger partial charge in [-0.05, 0) is 0 Å². The first-order chi connectivity index (χ1) is 4.10. The topological polar surface area (TPSA) is 41.8 Å². The van der Waals surface area contributed by atoms with Gasteiger partial charge in [-0.2, -0.15) is 0 Å². The van der Waals surface area contributed by atoms with E-state index in [1.807, 2.05) is 13.8 Å². The van der Waals surface area contributed by atoms with E-state index in [0.29, 0.717) is 0 Å². The highest BCUT2D eigenvalue weighted by atomic mass is 16.7. The normalized spacial score (nSPS) is 22.7. The first kappa shape index (κ1) is 6.13. The van der Waals surface area contributed by atoms with Crippen LogP contribution in [0.2, 0.25) is 0 Å². The number of aliphatic hydroxyl groups is 1. The molecule has 3 nitrogen and oxygen atoms in total. The Morgan fingerprint density at radius 3 is 2.67 bits per heavy atom.